The zero-order valence-electron chi connectivity index (χ0n) is 54.2. The second-order valence-electron chi connectivity index (χ2n) is 10.6. The second-order valence-corrected chi connectivity index (χ2v) is 10.6. The van der Waals surface area contributed by atoms with Crippen LogP contribution in [0.4, 0.5) is 0 Å². The molecule has 0 spiro atoms. The Balaban J connectivity index is 1.32. The Morgan fingerprint density at radius 3 is 1.65 bits per heavy atom. The number of hydrogen-bond donors (Lipinski definition) is 0. The summed E-state index contributed by atoms with van der Waals surface area (Å²) in [5.41, 5.74) is -6.59. The average Bonchev–Trinajstić information content (AvgIpc) is 4.05. The van der Waals surface area contributed by atoms with E-state index in [2.05, 4.69) is 15.0 Å². The molecule has 10 rings (SSSR count). The van der Waals surface area contributed by atoms with Gasteiger partial charge in [0.15, 0.2) is 17.5 Å². The number of furan rings is 1. The zero-order valence-corrected chi connectivity index (χ0v) is 25.2. The van der Waals surface area contributed by atoms with Gasteiger partial charge in [-0.1, -0.05) is 139 Å². The van der Waals surface area contributed by atoms with Crippen molar-refractivity contribution < 1.29 is 44.2 Å². The maximum Gasteiger partial charge on any atom is 0.164 e. The first-order valence-corrected chi connectivity index (χ1v) is 14.7. The summed E-state index contributed by atoms with van der Waals surface area (Å²) in [6, 6.07) is -26.1. The first kappa shape index (κ1) is 12.1. The highest BCUT2D eigenvalue weighted by molar-refractivity contribution is 6.09. The van der Waals surface area contributed by atoms with Gasteiger partial charge >= 0.3 is 0 Å². The minimum Gasteiger partial charge on any atom is -0.456 e. The van der Waals surface area contributed by atoms with Crippen LogP contribution in [-0.2, 0) is 0 Å². The molecule has 0 N–H and O–H groups in total. The lowest BCUT2D eigenvalue weighted by Gasteiger charge is -2.13. The molecule has 2 heterocycles. The molecule has 2 aromatic heterocycles. The van der Waals surface area contributed by atoms with Gasteiger partial charge in [0.2, 0.25) is 0 Å². The third kappa shape index (κ3) is 5.13. The summed E-state index contributed by atoms with van der Waals surface area (Å²) in [7, 11) is 0. The van der Waals surface area contributed by atoms with Crippen LogP contribution >= 0.6 is 0 Å². The Hall–Kier alpha value is -6.91. The Morgan fingerprint density at radius 2 is 0.902 bits per heavy atom. The second kappa shape index (κ2) is 11.9. The van der Waals surface area contributed by atoms with E-state index in [1.165, 1.54) is 0 Å². The van der Waals surface area contributed by atoms with E-state index in [-0.39, 0.29) is 0 Å². The number of hydrogen-bond acceptors (Lipinski definition) is 4. The number of benzene rings is 8. The van der Waals surface area contributed by atoms with E-state index in [1.54, 1.807) is 0 Å². The first-order valence-electron chi connectivity index (χ1n) is 29.2. The van der Waals surface area contributed by atoms with Crippen LogP contribution in [0.15, 0.2) is 180 Å². The molecule has 51 heavy (non-hydrogen) atoms. The molecule has 0 bridgehead atoms. The molecule has 0 amide bonds. The molecule has 238 valence electrons. The summed E-state index contributed by atoms with van der Waals surface area (Å²) in [6.45, 7) is 0. The molecule has 4 heteroatoms. The van der Waals surface area contributed by atoms with Crippen LogP contribution in [0.1, 0.15) is 39.8 Å². The summed E-state index contributed by atoms with van der Waals surface area (Å²) < 4.78 is 262. The van der Waals surface area contributed by atoms with Crippen LogP contribution in [0.2, 0.25) is 0 Å². The van der Waals surface area contributed by atoms with E-state index in [0.29, 0.717) is 0 Å². The molecule has 0 aliphatic heterocycles. The molecule has 0 fully saturated rings. The Bertz CT molecular complexity index is 4450. The molecule has 0 saturated heterocycles. The SMILES string of the molecule is [2H]c1c([2H])c([2H])c(-c2nc(-c3c([2H])c([2H])c([2H])c([2H])c3[2H])nc(-c3c([2H])c([2H])c(-c4c([2H])c([2H])c5c(oc6c([2H])c([2H])c(-c7c([2H])c([2H])c8c([2H])c([2H])c([2H])c([2H])c8c7[2H])c([2H])c65)c4[2H])c4c([2H])c([2H])c([2H])c([2H])c34)n2)c([2H])c1[2H]. The Kier molecular flexibility index (Phi) is 2.83. The van der Waals surface area contributed by atoms with Gasteiger partial charge in [-0.05, 0) is 80.1 Å². The van der Waals surface area contributed by atoms with Crippen LogP contribution in [0, 0.1) is 0 Å². The fraction of sp³-hybridized carbons (Fsp3) is 0. The maximum atomic E-state index is 9.58. The highest BCUT2D eigenvalue weighted by Crippen LogP contribution is 2.39. The first-order chi connectivity index (χ1) is 37.3. The molecule has 4 nitrogen and oxygen atoms in total. The van der Waals surface area contributed by atoms with Crippen molar-refractivity contribution in [2.45, 2.75) is 0 Å². The van der Waals surface area contributed by atoms with Gasteiger partial charge in [0.1, 0.15) is 11.2 Å². The lowest BCUT2D eigenvalue weighted by Crippen LogP contribution is -2.00. The van der Waals surface area contributed by atoms with Gasteiger partial charge in [0.25, 0.3) is 0 Å². The van der Waals surface area contributed by atoms with Crippen molar-refractivity contribution in [2.75, 3.05) is 0 Å². The van der Waals surface area contributed by atoms with Gasteiger partial charge in [-0.3, -0.25) is 0 Å². The van der Waals surface area contributed by atoms with E-state index >= 15 is 0 Å². The van der Waals surface area contributed by atoms with Crippen LogP contribution in [0.3, 0.4) is 0 Å². The summed E-state index contributed by atoms with van der Waals surface area (Å²) >= 11 is 0. The predicted molar refractivity (Wildman–Crippen MR) is 209 cm³/mol. The van der Waals surface area contributed by atoms with E-state index < -0.39 is 275 Å². The number of fused-ring (bicyclic) bond motifs is 5. The highest BCUT2D eigenvalue weighted by Gasteiger charge is 2.17. The molecule has 0 saturated carbocycles. The lowest BCUT2D eigenvalue weighted by atomic mass is 9.94. The van der Waals surface area contributed by atoms with E-state index in [9.17, 15) is 11.0 Å². The number of rotatable bonds is 5. The topological polar surface area (TPSA) is 51.8 Å². The van der Waals surface area contributed by atoms with Crippen LogP contribution < -0.4 is 0 Å². The molecule has 0 aliphatic carbocycles. The molecule has 0 unspecified atom stereocenters. The minimum absolute atomic E-state index is 0.507. The normalized spacial score (nSPS) is 19.5. The number of nitrogens with zero attached hydrogens (tertiary/aromatic N) is 3. The fourth-order valence-electron chi connectivity index (χ4n) is 5.27. The van der Waals surface area contributed by atoms with Gasteiger partial charge in [-0.2, -0.15) is 0 Å². The van der Waals surface area contributed by atoms with Gasteiger partial charge in [-0.25, -0.2) is 15.0 Å². The molecule has 10 aromatic rings. The van der Waals surface area contributed by atoms with Crippen molar-refractivity contribution >= 4 is 43.5 Å². The van der Waals surface area contributed by atoms with Crippen molar-refractivity contribution in [3.63, 3.8) is 0 Å². The smallest absolute Gasteiger partial charge is 0.164 e. The Labute approximate surface area is 335 Å². The molecular formula is C47H29N3O. The van der Waals surface area contributed by atoms with Crippen molar-refractivity contribution in [3.05, 3.63) is 175 Å². The standard InChI is InChI=1S/C47H29N3O/c1-3-12-31(13-4-1)45-48-46(32-14-5-2-6-15-32)50-47(49-45)41-25-24-37(38-17-9-10-18-39(38)41)36-21-23-40-42-28-35(22-26-43(42)51-44(40)29-36)34-20-19-30-11-7-8-16-33(30)27-34/h1-29H/i1D,2D,3D,4D,5D,6D,7D,8D,9D,10D,11D,12D,13D,14D,15D,16D,17D,18D,19D,20D,21D,22D,23D,24D,25D,26D,27D,28D,29D. The quantitative estimate of drug-likeness (QED) is 0.182. The lowest BCUT2D eigenvalue weighted by molar-refractivity contribution is 0.669. The summed E-state index contributed by atoms with van der Waals surface area (Å²) in [5.74, 6) is -2.54. The third-order valence-electron chi connectivity index (χ3n) is 7.57. The third-order valence-corrected chi connectivity index (χ3v) is 7.57. The van der Waals surface area contributed by atoms with Crippen molar-refractivity contribution in [1.29, 1.82) is 0 Å². The Morgan fingerprint density at radius 1 is 0.333 bits per heavy atom. The van der Waals surface area contributed by atoms with Crippen LogP contribution in [0.25, 0.3) is 99.9 Å². The monoisotopic (exact) mass is 680 g/mol. The van der Waals surface area contributed by atoms with Crippen molar-refractivity contribution in [1.82, 2.24) is 15.0 Å². The van der Waals surface area contributed by atoms with Gasteiger partial charge in [0, 0.05) is 27.5 Å². The molecule has 0 atom stereocenters. The van der Waals surface area contributed by atoms with E-state index in [4.69, 9.17) is 33.2 Å². The summed E-state index contributed by atoms with van der Waals surface area (Å²) in [6.07, 6.45) is 0. The highest BCUT2D eigenvalue weighted by atomic mass is 16.3. The van der Waals surface area contributed by atoms with Crippen molar-refractivity contribution in [2.24, 2.45) is 0 Å². The molecule has 0 radical (unpaired) electrons. The van der Waals surface area contributed by atoms with Crippen LogP contribution in [-0.4, -0.2) is 15.0 Å². The zero-order chi connectivity index (χ0) is 59.0. The maximum absolute atomic E-state index is 9.58. The summed E-state index contributed by atoms with van der Waals surface area (Å²) in [5, 5.41) is -3.61. The van der Waals surface area contributed by atoms with E-state index in [1.807, 2.05) is 0 Å². The predicted octanol–water partition coefficient (Wildman–Crippen LogP) is 12.4. The number of aromatic nitrogens is 3. The van der Waals surface area contributed by atoms with Gasteiger partial charge in [0.05, 0.1) is 39.8 Å². The molecule has 8 aromatic carbocycles. The van der Waals surface area contributed by atoms with E-state index in [0.717, 1.165) is 0 Å². The van der Waals surface area contributed by atoms with Gasteiger partial charge in [-0.15, -0.1) is 0 Å². The fourth-order valence-corrected chi connectivity index (χ4v) is 5.27. The minimum atomic E-state index is -1.06. The van der Waals surface area contributed by atoms with Gasteiger partial charge < -0.3 is 4.42 Å². The largest absolute Gasteiger partial charge is 0.456 e. The van der Waals surface area contributed by atoms with Crippen molar-refractivity contribution in [3.8, 4) is 56.4 Å². The van der Waals surface area contributed by atoms with Crippen LogP contribution in [0.5, 0.6) is 0 Å². The molecular weight excluding hydrogens is 623 g/mol. The average molecular weight is 681 g/mol. The molecule has 0 aliphatic rings. The summed E-state index contributed by atoms with van der Waals surface area (Å²) in [4.78, 5) is 12.8.